The summed E-state index contributed by atoms with van der Waals surface area (Å²) in [5.41, 5.74) is 2.77. The van der Waals surface area contributed by atoms with E-state index in [0.29, 0.717) is 18.3 Å². The second-order valence-corrected chi connectivity index (χ2v) is 7.76. The quantitative estimate of drug-likeness (QED) is 0.838. The van der Waals surface area contributed by atoms with Gasteiger partial charge in [-0.2, -0.15) is 0 Å². The van der Waals surface area contributed by atoms with Crippen molar-refractivity contribution in [2.75, 3.05) is 7.11 Å². The molecule has 2 N–H and O–H groups in total. The van der Waals surface area contributed by atoms with Crippen molar-refractivity contribution in [2.45, 2.75) is 57.2 Å². The predicted molar refractivity (Wildman–Crippen MR) is 85.0 cm³/mol. The van der Waals surface area contributed by atoms with E-state index in [2.05, 4.69) is 25.1 Å². The van der Waals surface area contributed by atoms with Gasteiger partial charge < -0.3 is 14.9 Å². The molecular formula is C19H26O3. The predicted octanol–water partition coefficient (Wildman–Crippen LogP) is 2.88. The van der Waals surface area contributed by atoms with Crippen LogP contribution in [-0.4, -0.2) is 29.5 Å². The smallest absolute Gasteiger partial charge is 0.119 e. The van der Waals surface area contributed by atoms with E-state index < -0.39 is 0 Å². The Balaban J connectivity index is 1.71. The molecule has 0 spiro atoms. The zero-order valence-corrected chi connectivity index (χ0v) is 13.5. The molecule has 0 heterocycles. The Labute approximate surface area is 132 Å². The number of methoxy groups -OCH3 is 1. The topological polar surface area (TPSA) is 49.7 Å². The number of aliphatic hydroxyl groups is 2. The third-order valence-corrected chi connectivity index (χ3v) is 6.87. The molecule has 3 heteroatoms. The molecule has 4 rings (SSSR count). The van der Waals surface area contributed by atoms with Gasteiger partial charge in [-0.25, -0.2) is 0 Å². The Kier molecular flexibility index (Phi) is 3.28. The van der Waals surface area contributed by atoms with Gasteiger partial charge in [-0.3, -0.25) is 0 Å². The molecular weight excluding hydrogens is 276 g/mol. The van der Waals surface area contributed by atoms with E-state index in [-0.39, 0.29) is 23.5 Å². The average Bonchev–Trinajstić information content (AvgIpc) is 2.76. The van der Waals surface area contributed by atoms with Gasteiger partial charge in [0.25, 0.3) is 0 Å². The van der Waals surface area contributed by atoms with Gasteiger partial charge in [-0.15, -0.1) is 0 Å². The van der Waals surface area contributed by atoms with Crippen molar-refractivity contribution in [1.82, 2.24) is 0 Å². The molecule has 1 aromatic carbocycles. The first-order valence-corrected chi connectivity index (χ1v) is 8.57. The average molecular weight is 302 g/mol. The van der Waals surface area contributed by atoms with Gasteiger partial charge in [0, 0.05) is 6.42 Å². The standard InChI is InChI=1S/C19H26O3/c1-19-8-7-14-13-6-4-12(22-2)9-11(13)3-5-15(14)18(19)16(20)10-17(19)21/h4,6,9,14-18,20-21H,3,5,7-8,10H2,1-2H3/t14-,15-,16?,17?,18-,19-/m1/s1. The summed E-state index contributed by atoms with van der Waals surface area (Å²) in [5.74, 6) is 2.23. The maximum atomic E-state index is 10.5. The zero-order valence-electron chi connectivity index (χ0n) is 13.5. The number of benzene rings is 1. The molecule has 2 unspecified atom stereocenters. The second kappa shape index (κ2) is 4.97. The summed E-state index contributed by atoms with van der Waals surface area (Å²) in [7, 11) is 1.72. The lowest BCUT2D eigenvalue weighted by molar-refractivity contribution is -0.0440. The molecule has 0 aliphatic heterocycles. The molecule has 0 amide bonds. The number of aliphatic hydroxyl groups excluding tert-OH is 2. The first kappa shape index (κ1) is 14.5. The largest absolute Gasteiger partial charge is 0.497 e. The number of hydrogen-bond donors (Lipinski definition) is 2. The van der Waals surface area contributed by atoms with E-state index in [9.17, 15) is 10.2 Å². The van der Waals surface area contributed by atoms with Gasteiger partial charge in [0.05, 0.1) is 19.3 Å². The molecule has 3 nitrogen and oxygen atoms in total. The van der Waals surface area contributed by atoms with Crippen molar-refractivity contribution in [2.24, 2.45) is 17.3 Å². The zero-order chi connectivity index (χ0) is 15.5. The lowest BCUT2D eigenvalue weighted by Crippen LogP contribution is -2.46. The van der Waals surface area contributed by atoms with Gasteiger partial charge >= 0.3 is 0 Å². The van der Waals surface area contributed by atoms with Crippen molar-refractivity contribution in [3.63, 3.8) is 0 Å². The molecule has 3 aliphatic rings. The van der Waals surface area contributed by atoms with E-state index in [4.69, 9.17) is 4.74 Å². The molecule has 0 aromatic heterocycles. The van der Waals surface area contributed by atoms with Crippen LogP contribution in [0.1, 0.15) is 49.7 Å². The van der Waals surface area contributed by atoms with E-state index in [1.807, 2.05) is 0 Å². The summed E-state index contributed by atoms with van der Waals surface area (Å²) in [5, 5.41) is 21.0. The van der Waals surface area contributed by atoms with Crippen molar-refractivity contribution < 1.29 is 14.9 Å². The van der Waals surface area contributed by atoms with Crippen molar-refractivity contribution in [3.05, 3.63) is 29.3 Å². The van der Waals surface area contributed by atoms with Crippen LogP contribution in [0.4, 0.5) is 0 Å². The van der Waals surface area contributed by atoms with Crippen LogP contribution in [0.5, 0.6) is 5.75 Å². The molecule has 1 aromatic rings. The minimum Gasteiger partial charge on any atom is -0.497 e. The van der Waals surface area contributed by atoms with E-state index in [1.54, 1.807) is 7.11 Å². The first-order chi connectivity index (χ1) is 10.5. The highest BCUT2D eigenvalue weighted by Gasteiger charge is 2.58. The second-order valence-electron chi connectivity index (χ2n) is 7.76. The SMILES string of the molecule is COc1ccc2c(c1)CC[C@@H]1[C@@H]2CC[C@]2(C)C(O)CC(O)[C@@H]12. The maximum absolute atomic E-state index is 10.5. The summed E-state index contributed by atoms with van der Waals surface area (Å²) in [4.78, 5) is 0. The van der Waals surface area contributed by atoms with Crippen molar-refractivity contribution >= 4 is 0 Å². The minimum absolute atomic E-state index is 0.0927. The van der Waals surface area contributed by atoms with Crippen LogP contribution in [0.3, 0.4) is 0 Å². The number of ether oxygens (including phenoxy) is 1. The summed E-state index contributed by atoms with van der Waals surface area (Å²) in [6.45, 7) is 2.19. The fourth-order valence-electron chi connectivity index (χ4n) is 5.72. The Morgan fingerprint density at radius 2 is 2.05 bits per heavy atom. The van der Waals surface area contributed by atoms with E-state index in [0.717, 1.165) is 31.4 Å². The molecule has 2 fully saturated rings. The third kappa shape index (κ3) is 1.88. The van der Waals surface area contributed by atoms with Gasteiger partial charge in [-0.05, 0) is 72.1 Å². The van der Waals surface area contributed by atoms with Crippen molar-refractivity contribution in [3.8, 4) is 5.75 Å². The molecule has 3 aliphatic carbocycles. The van der Waals surface area contributed by atoms with Gasteiger partial charge in [0.15, 0.2) is 0 Å². The summed E-state index contributed by atoms with van der Waals surface area (Å²) in [6, 6.07) is 6.47. The van der Waals surface area contributed by atoms with Crippen molar-refractivity contribution in [1.29, 1.82) is 0 Å². The molecule has 0 saturated heterocycles. The highest BCUT2D eigenvalue weighted by molar-refractivity contribution is 5.40. The third-order valence-electron chi connectivity index (χ3n) is 6.87. The monoisotopic (exact) mass is 302 g/mol. The molecule has 6 atom stereocenters. The molecule has 0 bridgehead atoms. The number of hydrogen-bond acceptors (Lipinski definition) is 3. The Morgan fingerprint density at radius 3 is 2.82 bits per heavy atom. The molecule has 0 radical (unpaired) electrons. The lowest BCUT2D eigenvalue weighted by Gasteiger charge is -2.50. The number of aryl methyl sites for hydroxylation is 1. The van der Waals surface area contributed by atoms with Gasteiger partial charge in [-0.1, -0.05) is 13.0 Å². The van der Waals surface area contributed by atoms with Crippen LogP contribution in [0.15, 0.2) is 18.2 Å². The minimum atomic E-state index is -0.342. The van der Waals surface area contributed by atoms with Crippen LogP contribution >= 0.6 is 0 Å². The summed E-state index contributed by atoms with van der Waals surface area (Å²) in [6.07, 6.45) is 4.19. The lowest BCUT2D eigenvalue weighted by atomic mass is 9.55. The highest BCUT2D eigenvalue weighted by atomic mass is 16.5. The van der Waals surface area contributed by atoms with Crippen LogP contribution in [0.2, 0.25) is 0 Å². The van der Waals surface area contributed by atoms with Crippen LogP contribution < -0.4 is 4.74 Å². The fourth-order valence-corrected chi connectivity index (χ4v) is 5.72. The Bertz CT molecular complexity index is 584. The highest BCUT2D eigenvalue weighted by Crippen LogP contribution is 2.60. The Morgan fingerprint density at radius 1 is 1.23 bits per heavy atom. The molecule has 2 saturated carbocycles. The van der Waals surface area contributed by atoms with Gasteiger partial charge in [0.2, 0.25) is 0 Å². The molecule has 120 valence electrons. The Hall–Kier alpha value is -1.06. The van der Waals surface area contributed by atoms with E-state index in [1.165, 1.54) is 11.1 Å². The van der Waals surface area contributed by atoms with Crippen LogP contribution in [0, 0.1) is 17.3 Å². The molecule has 22 heavy (non-hydrogen) atoms. The van der Waals surface area contributed by atoms with E-state index >= 15 is 0 Å². The normalized spacial score (nSPS) is 43.2. The first-order valence-electron chi connectivity index (χ1n) is 8.57. The number of rotatable bonds is 1. The maximum Gasteiger partial charge on any atom is 0.119 e. The number of fused-ring (bicyclic) bond motifs is 5. The van der Waals surface area contributed by atoms with Crippen LogP contribution in [-0.2, 0) is 6.42 Å². The van der Waals surface area contributed by atoms with Crippen LogP contribution in [0.25, 0.3) is 0 Å². The van der Waals surface area contributed by atoms with Gasteiger partial charge in [0.1, 0.15) is 5.75 Å². The summed E-state index contributed by atoms with van der Waals surface area (Å²) >= 11 is 0. The fraction of sp³-hybridized carbons (Fsp3) is 0.684. The summed E-state index contributed by atoms with van der Waals surface area (Å²) < 4.78 is 5.36.